The maximum atomic E-state index is 15.7. The van der Waals surface area contributed by atoms with Gasteiger partial charge in [0.05, 0.1) is 25.0 Å². The van der Waals surface area contributed by atoms with Gasteiger partial charge in [0, 0.05) is 83.1 Å². The molecule has 2 bridgehead atoms. The summed E-state index contributed by atoms with van der Waals surface area (Å²) in [6.07, 6.45) is 7.08. The topological polar surface area (TPSA) is 271 Å². The molecule has 7 fully saturated rings. The lowest BCUT2D eigenvalue weighted by Gasteiger charge is -2.51. The third-order valence-electron chi connectivity index (χ3n) is 25.4. The summed E-state index contributed by atoms with van der Waals surface area (Å²) in [4.78, 5) is 197. The number of hydrogen-bond acceptors (Lipinski definition) is 13. The predicted molar refractivity (Wildman–Crippen MR) is 387 cm³/mol. The van der Waals surface area contributed by atoms with Crippen molar-refractivity contribution in [1.82, 2.24) is 59.6 Å². The smallest absolute Gasteiger partial charge is 0.381 e. The number of methoxy groups -OCH3 is 1. The molecule has 4 heterocycles. The number of alkyl halides is 3. The van der Waals surface area contributed by atoms with Crippen LogP contribution >= 0.6 is 0 Å². The van der Waals surface area contributed by atoms with Gasteiger partial charge in [0.1, 0.15) is 59.9 Å². The molecule has 3 unspecified atom stereocenters. The zero-order chi connectivity index (χ0) is 77.3. The highest BCUT2D eigenvalue weighted by Gasteiger charge is 2.57. The van der Waals surface area contributed by atoms with E-state index in [2.05, 4.69) is 17.6 Å². The van der Waals surface area contributed by atoms with E-state index in [-0.39, 0.29) is 120 Å². The van der Waals surface area contributed by atoms with Crippen LogP contribution in [0.2, 0.25) is 0 Å². The molecule has 590 valence electrons. The monoisotopic (exact) mass is 1480 g/mol. The van der Waals surface area contributed by atoms with Crippen LogP contribution in [0.25, 0.3) is 0 Å². The van der Waals surface area contributed by atoms with Crippen LogP contribution in [0.15, 0.2) is 12.2 Å². The minimum Gasteiger partial charge on any atom is -0.381 e. The molecule has 14 atom stereocenters. The summed E-state index contributed by atoms with van der Waals surface area (Å²) >= 11 is 0. The highest BCUT2D eigenvalue weighted by molar-refractivity contribution is 6.01. The van der Waals surface area contributed by atoms with Gasteiger partial charge in [-0.3, -0.25) is 57.5 Å². The second kappa shape index (κ2) is 36.4. The Morgan fingerprint density at radius 3 is 1.91 bits per heavy atom. The standard InChI is InChI=1S/C77H123F3N12O13/c1-15-24-55-66(95)82-64(49(5)16-2)73(102)90-40-22-28-57(90)70(99)86(10)56-27-18-17-21-39-91(72(56)101)60(42-50-31-29-47(3)30-32-50)69(98)84(8)46-62(93)81-54(36-34-51-33-35-53(77(78,79)80)61(43-51)105-14)67(96)92-45-48(4)41-59(92)71(100)89(13)76(37-23-38-76)75(104)88(12)65(52-25-19-20-26-52)74(103)87(11)58(68(97)83(6)7)44-63(94)85(55)9/h17-18,47-61,64-65H,15-16,19-46H2,1-14H3,(H,81,93)(H,82,95)/b18-17-/t47?,48-,49-,50?,51?,53?,54-,55-,56-,57-,58-,59-,60-,61?,64-,65-/m0/s1. The van der Waals surface area contributed by atoms with E-state index >= 15 is 38.4 Å². The Hall–Kier alpha value is -6.87. The first-order chi connectivity index (χ1) is 49.6. The van der Waals surface area contributed by atoms with Crippen LogP contribution in [0.5, 0.6) is 0 Å². The van der Waals surface area contributed by atoms with Crippen LogP contribution in [-0.4, -0.2) is 282 Å². The van der Waals surface area contributed by atoms with Gasteiger partial charge >= 0.3 is 6.18 Å². The lowest BCUT2D eigenvalue weighted by molar-refractivity contribution is -0.215. The van der Waals surface area contributed by atoms with Crippen molar-refractivity contribution < 1.29 is 75.4 Å². The molecule has 2 N–H and O–H groups in total. The van der Waals surface area contributed by atoms with E-state index in [9.17, 15) is 32.3 Å². The van der Waals surface area contributed by atoms with Gasteiger partial charge in [-0.2, -0.15) is 13.2 Å². The van der Waals surface area contributed by atoms with Crippen LogP contribution in [0.4, 0.5) is 13.2 Å². The fourth-order valence-corrected chi connectivity index (χ4v) is 18.3. The van der Waals surface area contributed by atoms with Gasteiger partial charge in [0.15, 0.2) is 0 Å². The van der Waals surface area contributed by atoms with Gasteiger partial charge in [-0.15, -0.1) is 0 Å². The van der Waals surface area contributed by atoms with E-state index < -0.39 is 168 Å². The van der Waals surface area contributed by atoms with E-state index in [0.717, 1.165) is 38.5 Å². The fraction of sp³-hybridized carbons (Fsp3) is 0.818. The van der Waals surface area contributed by atoms with Crippen molar-refractivity contribution in [3.05, 3.63) is 12.2 Å². The first-order valence-corrected chi connectivity index (χ1v) is 39.2. The second-order valence-corrected chi connectivity index (χ2v) is 32.7. The zero-order valence-corrected chi connectivity index (χ0v) is 65.1. The second-order valence-electron chi connectivity index (χ2n) is 32.7. The molecule has 0 aromatic rings. The SMILES string of the molecule is CCC[C@H]1C(=O)N[C@@H]([C@@H](C)CC)C(=O)N2CCC[C@H]2C(=O)N(C)[C@H]2C/C=C\CCN(C2=O)[C@@H](CC2CCC(C)CC2)C(=O)N(C)CC(=O)N[C@@H](CCC2CCC(C(F)(F)F)C(OC)C2)C(=O)N2C[C@@H](C)C[C@H]2C(=O)N(C)C2(CCC2)C(=O)N(C)[C@@H](C2CCCC2)C(=O)N(C)[C@H](C(=O)N(C)C)CC(=O)N1C. The molecule has 4 aliphatic carbocycles. The van der Waals surface area contributed by atoms with Crippen LogP contribution in [-0.2, 0) is 62.3 Å². The summed E-state index contributed by atoms with van der Waals surface area (Å²) in [6.45, 7) is 9.30. The Kier molecular flexibility index (Phi) is 29.0. The molecule has 105 heavy (non-hydrogen) atoms. The van der Waals surface area contributed by atoms with E-state index in [1.807, 2.05) is 39.8 Å². The number of nitrogens with one attached hydrogen (secondary N) is 2. The Balaban J connectivity index is 1.20. The van der Waals surface area contributed by atoms with Crippen molar-refractivity contribution in [1.29, 1.82) is 0 Å². The fourth-order valence-electron chi connectivity index (χ4n) is 18.3. The number of amides is 12. The molecule has 28 heteroatoms. The molecule has 8 aliphatic rings. The molecule has 25 nitrogen and oxygen atoms in total. The predicted octanol–water partition coefficient (Wildman–Crippen LogP) is 6.40. The van der Waals surface area contributed by atoms with Crippen molar-refractivity contribution in [3.8, 4) is 0 Å². The van der Waals surface area contributed by atoms with E-state index in [4.69, 9.17) is 4.74 Å². The third-order valence-corrected chi connectivity index (χ3v) is 25.4. The van der Waals surface area contributed by atoms with Crippen molar-refractivity contribution in [2.24, 2.45) is 41.4 Å². The van der Waals surface area contributed by atoms with Crippen molar-refractivity contribution in [2.45, 2.75) is 274 Å². The zero-order valence-electron chi connectivity index (χ0n) is 65.1. The minimum atomic E-state index is -4.51. The number of carbonyl (C=O) groups is 12. The van der Waals surface area contributed by atoms with Gasteiger partial charge in [-0.05, 0) is 145 Å². The number of fused-ring (bicyclic) bond motifs is 4. The van der Waals surface area contributed by atoms with Crippen LogP contribution < -0.4 is 10.6 Å². The normalized spacial score (nSPS) is 32.9. The van der Waals surface area contributed by atoms with Gasteiger partial charge in [-0.25, -0.2) is 0 Å². The molecule has 3 saturated heterocycles. The van der Waals surface area contributed by atoms with Crippen molar-refractivity contribution >= 4 is 70.9 Å². The minimum absolute atomic E-state index is 0.0118. The maximum absolute atomic E-state index is 15.7. The quantitative estimate of drug-likeness (QED) is 0.201. The number of ether oxygens (including phenoxy) is 1. The molecule has 0 aromatic heterocycles. The molecule has 4 saturated carbocycles. The number of halogens is 3. The van der Waals surface area contributed by atoms with Gasteiger partial charge in [0.2, 0.25) is 70.9 Å². The number of nitrogens with zero attached hydrogens (tertiary/aromatic N) is 10. The molecular formula is C77H123F3N12O13. The van der Waals surface area contributed by atoms with Crippen molar-refractivity contribution in [3.63, 3.8) is 0 Å². The number of rotatable bonds is 12. The lowest BCUT2D eigenvalue weighted by Crippen LogP contribution is -2.68. The van der Waals surface area contributed by atoms with E-state index in [1.54, 1.807) is 0 Å². The van der Waals surface area contributed by atoms with Gasteiger partial charge < -0.3 is 64.4 Å². The summed E-state index contributed by atoms with van der Waals surface area (Å²) in [5, 5.41) is 5.91. The Labute approximate surface area is 620 Å². The average molecular weight is 1480 g/mol. The molecule has 1 spiro atoms. The van der Waals surface area contributed by atoms with Crippen LogP contribution in [0.1, 0.15) is 202 Å². The van der Waals surface area contributed by atoms with Gasteiger partial charge in [0.25, 0.3) is 0 Å². The van der Waals surface area contributed by atoms with E-state index in [1.165, 1.54) is 112 Å². The first-order valence-electron chi connectivity index (χ1n) is 39.2. The Bertz CT molecular complexity index is 3160. The molecule has 12 amide bonds. The highest BCUT2D eigenvalue weighted by atomic mass is 19.4. The average Bonchev–Trinajstić information content (AvgIpc) is 1.64. The van der Waals surface area contributed by atoms with Gasteiger partial charge in [-0.1, -0.05) is 98.1 Å². The van der Waals surface area contributed by atoms with E-state index in [0.29, 0.717) is 50.9 Å². The third kappa shape index (κ3) is 19.0. The molecule has 0 radical (unpaired) electrons. The summed E-state index contributed by atoms with van der Waals surface area (Å²) in [5.41, 5.74) is -1.49. The molecule has 4 aliphatic heterocycles. The summed E-state index contributed by atoms with van der Waals surface area (Å²) in [6, 6.07) is -10.7. The summed E-state index contributed by atoms with van der Waals surface area (Å²) in [5.74, 6) is -9.80. The molecule has 8 rings (SSSR count). The number of hydrogen-bond donors (Lipinski definition) is 2. The van der Waals surface area contributed by atoms with Crippen LogP contribution in [0, 0.1) is 41.4 Å². The number of carbonyl (C=O) groups excluding carboxylic acids is 12. The number of likely N-dealkylation sites (N-methyl/N-ethyl adjacent to an activating group) is 7. The molecule has 0 aromatic carbocycles. The summed E-state index contributed by atoms with van der Waals surface area (Å²) in [7, 11) is 13.1. The largest absolute Gasteiger partial charge is 0.394 e. The highest BCUT2D eigenvalue weighted by Crippen LogP contribution is 2.45. The van der Waals surface area contributed by atoms with Crippen LogP contribution in [0.3, 0.4) is 0 Å². The Morgan fingerprint density at radius 1 is 0.638 bits per heavy atom. The maximum Gasteiger partial charge on any atom is 0.394 e. The first kappa shape index (κ1) is 83.8. The lowest BCUT2D eigenvalue weighted by atomic mass is 9.73. The molecular weight excluding hydrogens is 1360 g/mol. The Morgan fingerprint density at radius 2 is 1.30 bits per heavy atom. The summed E-state index contributed by atoms with van der Waals surface area (Å²) < 4.78 is 48.4. The van der Waals surface area contributed by atoms with Crippen molar-refractivity contribution in [2.75, 3.05) is 89.7 Å².